The molecule has 3 aromatic rings. The Bertz CT molecular complexity index is 1420. The van der Waals surface area contributed by atoms with Crippen molar-refractivity contribution in [3.05, 3.63) is 94.5 Å². The molecule has 0 aliphatic heterocycles. The number of rotatable bonds is 9. The first kappa shape index (κ1) is 30.2. The lowest BCUT2D eigenvalue weighted by atomic mass is 10.1. The third kappa shape index (κ3) is 7.83. The van der Waals surface area contributed by atoms with Crippen LogP contribution in [-0.4, -0.2) is 43.3 Å². The first-order valence-electron chi connectivity index (χ1n) is 12.7. The highest BCUT2D eigenvalue weighted by molar-refractivity contribution is 7.92. The van der Waals surface area contributed by atoms with E-state index in [9.17, 15) is 18.0 Å². The average molecular weight is 570 g/mol. The molecule has 0 fully saturated rings. The number of halogens is 1. The van der Waals surface area contributed by atoms with E-state index in [1.54, 1.807) is 38.1 Å². The van der Waals surface area contributed by atoms with E-state index in [1.165, 1.54) is 29.2 Å². The smallest absolute Gasteiger partial charge is 0.264 e. The number of nitrogens with one attached hydrogen (secondary N) is 1. The second kappa shape index (κ2) is 12.2. The quantitative estimate of drug-likeness (QED) is 0.369. The molecule has 1 atom stereocenters. The van der Waals surface area contributed by atoms with Gasteiger partial charge in [-0.15, -0.1) is 0 Å². The molecule has 1 N–H and O–H groups in total. The SMILES string of the molecule is Cc1ccc(CN(C(=O)CN(c2ccccc2C)S(=O)(=O)c2ccc(Cl)cc2)[C@H](C)C(=O)NC(C)(C)C)cc1. The Balaban J connectivity index is 2.04. The number of carbonyl (C=O) groups excluding carboxylic acids is 2. The number of amides is 2. The van der Waals surface area contributed by atoms with Crippen molar-refractivity contribution in [2.75, 3.05) is 10.8 Å². The van der Waals surface area contributed by atoms with Crippen LogP contribution in [0.25, 0.3) is 0 Å². The highest BCUT2D eigenvalue weighted by Crippen LogP contribution is 2.28. The van der Waals surface area contributed by atoms with Gasteiger partial charge < -0.3 is 10.2 Å². The third-order valence-corrected chi connectivity index (χ3v) is 8.23. The van der Waals surface area contributed by atoms with Crippen LogP contribution < -0.4 is 9.62 Å². The Morgan fingerprint density at radius 3 is 2.08 bits per heavy atom. The van der Waals surface area contributed by atoms with Crippen LogP contribution in [0.15, 0.2) is 77.7 Å². The summed E-state index contributed by atoms with van der Waals surface area (Å²) in [7, 11) is -4.15. The van der Waals surface area contributed by atoms with Gasteiger partial charge >= 0.3 is 0 Å². The number of aryl methyl sites for hydroxylation is 2. The van der Waals surface area contributed by atoms with Crippen LogP contribution >= 0.6 is 11.6 Å². The maximum atomic E-state index is 14.0. The summed E-state index contributed by atoms with van der Waals surface area (Å²) in [6.07, 6.45) is 0. The van der Waals surface area contributed by atoms with Gasteiger partial charge in [-0.05, 0) is 83.0 Å². The summed E-state index contributed by atoms with van der Waals surface area (Å²) in [4.78, 5) is 28.6. The van der Waals surface area contributed by atoms with E-state index in [0.717, 1.165) is 15.4 Å². The number of nitrogens with zero attached hydrogens (tertiary/aromatic N) is 2. The lowest BCUT2D eigenvalue weighted by Crippen LogP contribution is -2.54. The van der Waals surface area contributed by atoms with Crippen molar-refractivity contribution in [3.63, 3.8) is 0 Å². The van der Waals surface area contributed by atoms with E-state index in [1.807, 2.05) is 52.0 Å². The van der Waals surface area contributed by atoms with Crippen molar-refractivity contribution >= 4 is 39.1 Å². The highest BCUT2D eigenvalue weighted by Gasteiger charge is 2.33. The number of carbonyl (C=O) groups is 2. The predicted molar refractivity (Wildman–Crippen MR) is 156 cm³/mol. The fraction of sp³-hybridized carbons (Fsp3) is 0.333. The van der Waals surface area contributed by atoms with Gasteiger partial charge in [0.2, 0.25) is 11.8 Å². The number of benzene rings is 3. The van der Waals surface area contributed by atoms with E-state index in [0.29, 0.717) is 16.3 Å². The van der Waals surface area contributed by atoms with Crippen LogP contribution in [-0.2, 0) is 26.2 Å². The molecule has 9 heteroatoms. The number of hydrogen-bond donors (Lipinski definition) is 1. The topological polar surface area (TPSA) is 86.8 Å². The Morgan fingerprint density at radius 2 is 1.51 bits per heavy atom. The fourth-order valence-electron chi connectivity index (χ4n) is 4.04. The van der Waals surface area contributed by atoms with Gasteiger partial charge in [0, 0.05) is 17.1 Å². The summed E-state index contributed by atoms with van der Waals surface area (Å²) in [6.45, 7) is 10.6. The molecule has 208 valence electrons. The summed E-state index contributed by atoms with van der Waals surface area (Å²) >= 11 is 6.00. The molecule has 0 aromatic heterocycles. The number of para-hydroxylation sites is 1. The molecule has 0 unspecified atom stereocenters. The minimum Gasteiger partial charge on any atom is -0.350 e. The van der Waals surface area contributed by atoms with Crippen molar-refractivity contribution in [1.29, 1.82) is 0 Å². The maximum Gasteiger partial charge on any atom is 0.264 e. The Kier molecular flexibility index (Phi) is 9.46. The third-order valence-electron chi connectivity index (χ3n) is 6.20. The molecule has 3 rings (SSSR count). The van der Waals surface area contributed by atoms with Crippen LogP contribution in [0.1, 0.15) is 44.4 Å². The maximum absolute atomic E-state index is 14.0. The molecule has 0 heterocycles. The van der Waals surface area contributed by atoms with Gasteiger partial charge in [-0.2, -0.15) is 0 Å². The molecule has 0 aliphatic carbocycles. The molecule has 3 aromatic carbocycles. The molecule has 0 bridgehead atoms. The monoisotopic (exact) mass is 569 g/mol. The first-order chi connectivity index (χ1) is 18.2. The minimum absolute atomic E-state index is 0.00608. The summed E-state index contributed by atoms with van der Waals surface area (Å²) in [5.74, 6) is -0.834. The van der Waals surface area contributed by atoms with Gasteiger partial charge in [-0.25, -0.2) is 8.42 Å². The molecule has 2 amide bonds. The Hall–Kier alpha value is -3.36. The largest absolute Gasteiger partial charge is 0.350 e. The highest BCUT2D eigenvalue weighted by atomic mass is 35.5. The number of anilines is 1. The molecule has 0 aliphatic rings. The minimum atomic E-state index is -4.15. The van der Waals surface area contributed by atoms with Crippen molar-refractivity contribution in [2.45, 2.75) is 64.6 Å². The normalized spacial score (nSPS) is 12.5. The molecule has 39 heavy (non-hydrogen) atoms. The summed E-state index contributed by atoms with van der Waals surface area (Å²) in [5, 5.41) is 3.33. The molecule has 7 nitrogen and oxygen atoms in total. The van der Waals surface area contributed by atoms with Gasteiger partial charge in [0.05, 0.1) is 10.6 Å². The zero-order valence-corrected chi connectivity index (χ0v) is 24.8. The van der Waals surface area contributed by atoms with Gasteiger partial charge in [-0.3, -0.25) is 13.9 Å². The molecular weight excluding hydrogens is 534 g/mol. The summed E-state index contributed by atoms with van der Waals surface area (Å²) in [6, 6.07) is 19.6. The van der Waals surface area contributed by atoms with Crippen molar-refractivity contribution in [2.24, 2.45) is 0 Å². The molecule has 0 spiro atoms. The summed E-state index contributed by atoms with van der Waals surface area (Å²) in [5.41, 5.74) is 2.45. The Morgan fingerprint density at radius 1 is 0.923 bits per heavy atom. The van der Waals surface area contributed by atoms with Crippen molar-refractivity contribution < 1.29 is 18.0 Å². The van der Waals surface area contributed by atoms with Gasteiger partial charge in [0.1, 0.15) is 12.6 Å². The molecular formula is C30H36ClN3O4S. The number of hydrogen-bond acceptors (Lipinski definition) is 4. The lowest BCUT2D eigenvalue weighted by molar-refractivity contribution is -0.140. The van der Waals surface area contributed by atoms with Crippen LogP contribution in [0, 0.1) is 13.8 Å². The summed E-state index contributed by atoms with van der Waals surface area (Å²) < 4.78 is 28.9. The van der Waals surface area contributed by atoms with E-state index in [-0.39, 0.29) is 17.3 Å². The van der Waals surface area contributed by atoms with Crippen LogP contribution in [0.4, 0.5) is 5.69 Å². The lowest BCUT2D eigenvalue weighted by Gasteiger charge is -2.33. The first-order valence-corrected chi connectivity index (χ1v) is 14.5. The number of sulfonamides is 1. The second-order valence-electron chi connectivity index (χ2n) is 10.7. The average Bonchev–Trinajstić information content (AvgIpc) is 2.86. The van der Waals surface area contributed by atoms with E-state index >= 15 is 0 Å². The second-order valence-corrected chi connectivity index (χ2v) is 13.0. The fourth-order valence-corrected chi connectivity index (χ4v) is 5.64. The van der Waals surface area contributed by atoms with Gasteiger partial charge in [-0.1, -0.05) is 59.6 Å². The van der Waals surface area contributed by atoms with E-state index in [4.69, 9.17) is 11.6 Å². The molecule has 0 saturated heterocycles. The van der Waals surface area contributed by atoms with E-state index in [2.05, 4.69) is 5.32 Å². The standard InChI is InChI=1S/C30H36ClN3O4S/c1-21-11-13-24(14-12-21)19-33(23(3)29(36)32-30(4,5)6)28(35)20-34(27-10-8-7-9-22(27)2)39(37,38)26-17-15-25(31)16-18-26/h7-18,23H,19-20H2,1-6H3,(H,32,36)/t23-/m1/s1. The molecule has 0 saturated carbocycles. The van der Waals surface area contributed by atoms with Crippen LogP contribution in [0.5, 0.6) is 0 Å². The molecule has 0 radical (unpaired) electrons. The van der Waals surface area contributed by atoms with Crippen molar-refractivity contribution in [3.8, 4) is 0 Å². The van der Waals surface area contributed by atoms with Crippen molar-refractivity contribution in [1.82, 2.24) is 10.2 Å². The zero-order chi connectivity index (χ0) is 29.0. The van der Waals surface area contributed by atoms with E-state index < -0.39 is 34.1 Å². The zero-order valence-electron chi connectivity index (χ0n) is 23.2. The van der Waals surface area contributed by atoms with Gasteiger partial charge in [0.15, 0.2) is 0 Å². The van der Waals surface area contributed by atoms with Crippen LogP contribution in [0.2, 0.25) is 5.02 Å². The predicted octanol–water partition coefficient (Wildman–Crippen LogP) is 5.48. The van der Waals surface area contributed by atoms with Gasteiger partial charge in [0.25, 0.3) is 10.0 Å². The van der Waals surface area contributed by atoms with Crippen LogP contribution in [0.3, 0.4) is 0 Å². The Labute approximate surface area is 236 Å².